The lowest BCUT2D eigenvalue weighted by atomic mass is 10.2. The fourth-order valence-electron chi connectivity index (χ4n) is 2.08. The molecule has 1 unspecified atom stereocenters. The van der Waals surface area contributed by atoms with E-state index in [4.69, 9.17) is 9.88 Å². The van der Waals surface area contributed by atoms with Crippen LogP contribution in [0.5, 0.6) is 0 Å². The van der Waals surface area contributed by atoms with Gasteiger partial charge in [0.15, 0.2) is 0 Å². The molecule has 2 atom stereocenters. The summed E-state index contributed by atoms with van der Waals surface area (Å²) in [6, 6.07) is 6.62. The van der Waals surface area contributed by atoms with Gasteiger partial charge >= 0.3 is 0 Å². The van der Waals surface area contributed by atoms with E-state index in [-0.39, 0.29) is 17.0 Å². The van der Waals surface area contributed by atoms with E-state index in [2.05, 4.69) is 10.6 Å². The number of primary sulfonamides is 1. The molecule has 1 fully saturated rings. The van der Waals surface area contributed by atoms with Gasteiger partial charge < -0.3 is 15.4 Å². The van der Waals surface area contributed by atoms with Gasteiger partial charge in [0.1, 0.15) is 4.90 Å². The van der Waals surface area contributed by atoms with Crippen molar-refractivity contribution < 1.29 is 13.2 Å². The molecule has 0 spiro atoms. The van der Waals surface area contributed by atoms with Crippen molar-refractivity contribution in [3.05, 3.63) is 24.3 Å². The van der Waals surface area contributed by atoms with Crippen LogP contribution in [0.15, 0.2) is 29.2 Å². The Bertz CT molecular complexity index is 518. The van der Waals surface area contributed by atoms with Crippen molar-refractivity contribution in [2.75, 3.05) is 25.5 Å². The molecule has 0 aliphatic carbocycles. The molecule has 100 valence electrons. The standard InChI is InChI=1S/C11H17N3O3S/c1-17-10-7-13-6-9(10)14-8-4-2-3-5-11(8)18(12,15)16/h2-5,9-10,13-14H,6-7H2,1H3,(H2,12,15,16)/t9?,10-/m0/s1. The van der Waals surface area contributed by atoms with Crippen molar-refractivity contribution in [2.45, 2.75) is 17.0 Å². The van der Waals surface area contributed by atoms with Crippen LogP contribution in [0.3, 0.4) is 0 Å². The van der Waals surface area contributed by atoms with Crippen molar-refractivity contribution in [2.24, 2.45) is 5.14 Å². The van der Waals surface area contributed by atoms with E-state index in [9.17, 15) is 8.42 Å². The van der Waals surface area contributed by atoms with Crippen LogP contribution in [0.4, 0.5) is 5.69 Å². The Morgan fingerprint density at radius 3 is 2.78 bits per heavy atom. The van der Waals surface area contributed by atoms with Gasteiger partial charge in [-0.3, -0.25) is 0 Å². The normalized spacial score (nSPS) is 24.1. The molecule has 0 amide bonds. The number of rotatable bonds is 4. The largest absolute Gasteiger partial charge is 0.378 e. The van der Waals surface area contributed by atoms with Gasteiger partial charge in [-0.1, -0.05) is 12.1 Å². The fourth-order valence-corrected chi connectivity index (χ4v) is 2.78. The van der Waals surface area contributed by atoms with Gasteiger partial charge in [0.2, 0.25) is 10.0 Å². The number of sulfonamides is 1. The van der Waals surface area contributed by atoms with Crippen LogP contribution in [0.2, 0.25) is 0 Å². The first-order valence-electron chi connectivity index (χ1n) is 5.64. The maximum atomic E-state index is 11.5. The lowest BCUT2D eigenvalue weighted by Crippen LogP contribution is -2.34. The number of anilines is 1. The lowest BCUT2D eigenvalue weighted by molar-refractivity contribution is 0.111. The van der Waals surface area contributed by atoms with Gasteiger partial charge in [-0.15, -0.1) is 0 Å². The summed E-state index contributed by atoms with van der Waals surface area (Å²) in [6.07, 6.45) is 0.0125. The number of para-hydroxylation sites is 1. The summed E-state index contributed by atoms with van der Waals surface area (Å²) >= 11 is 0. The zero-order valence-electron chi connectivity index (χ0n) is 10.1. The van der Waals surface area contributed by atoms with Gasteiger partial charge in [-0.05, 0) is 12.1 Å². The highest BCUT2D eigenvalue weighted by molar-refractivity contribution is 7.89. The minimum Gasteiger partial charge on any atom is -0.378 e. The second kappa shape index (κ2) is 5.23. The van der Waals surface area contributed by atoms with E-state index >= 15 is 0 Å². The molecule has 18 heavy (non-hydrogen) atoms. The Labute approximate surface area is 107 Å². The SMILES string of the molecule is CO[C@H]1CNCC1Nc1ccccc1S(N)(=O)=O. The summed E-state index contributed by atoms with van der Waals surface area (Å²) in [5.41, 5.74) is 0.510. The van der Waals surface area contributed by atoms with Crippen molar-refractivity contribution in [1.82, 2.24) is 5.32 Å². The average Bonchev–Trinajstić information content (AvgIpc) is 2.75. The summed E-state index contributed by atoms with van der Waals surface area (Å²) < 4.78 is 28.3. The number of hydrogen-bond donors (Lipinski definition) is 3. The van der Waals surface area contributed by atoms with Crippen LogP contribution >= 0.6 is 0 Å². The van der Waals surface area contributed by atoms with Crippen LogP contribution < -0.4 is 15.8 Å². The van der Waals surface area contributed by atoms with E-state index in [0.717, 1.165) is 13.1 Å². The Morgan fingerprint density at radius 1 is 1.39 bits per heavy atom. The number of hydrogen-bond acceptors (Lipinski definition) is 5. The Balaban J connectivity index is 2.24. The Hall–Kier alpha value is -1.15. The summed E-state index contributed by atoms with van der Waals surface area (Å²) in [5.74, 6) is 0. The fraction of sp³-hybridized carbons (Fsp3) is 0.455. The average molecular weight is 271 g/mol. The predicted octanol–water partition coefficient (Wildman–Crippen LogP) is -0.267. The minimum absolute atomic E-state index is 0.0125. The first-order valence-corrected chi connectivity index (χ1v) is 7.19. The second-order valence-corrected chi connectivity index (χ2v) is 5.75. The topological polar surface area (TPSA) is 93.4 Å². The van der Waals surface area contributed by atoms with Crippen LogP contribution in [-0.2, 0) is 14.8 Å². The van der Waals surface area contributed by atoms with E-state index in [1.54, 1.807) is 25.3 Å². The molecule has 1 aromatic rings. The minimum atomic E-state index is -3.72. The first-order chi connectivity index (χ1) is 8.52. The third kappa shape index (κ3) is 2.81. The molecular formula is C11H17N3O3S. The third-order valence-electron chi connectivity index (χ3n) is 3.00. The molecule has 0 saturated carbocycles. The number of nitrogens with two attached hydrogens (primary N) is 1. The van der Waals surface area contributed by atoms with Crippen LogP contribution in [0.1, 0.15) is 0 Å². The Kier molecular flexibility index (Phi) is 3.86. The summed E-state index contributed by atoms with van der Waals surface area (Å²) in [4.78, 5) is 0.103. The number of ether oxygens (including phenoxy) is 1. The highest BCUT2D eigenvalue weighted by atomic mass is 32.2. The molecular weight excluding hydrogens is 254 g/mol. The van der Waals surface area contributed by atoms with Gasteiger partial charge in [-0.25, -0.2) is 13.6 Å². The van der Waals surface area contributed by atoms with Crippen molar-refractivity contribution in [3.8, 4) is 0 Å². The van der Waals surface area contributed by atoms with Crippen LogP contribution in [0.25, 0.3) is 0 Å². The van der Waals surface area contributed by atoms with Gasteiger partial charge in [0.05, 0.1) is 17.8 Å². The van der Waals surface area contributed by atoms with Gasteiger partial charge in [-0.2, -0.15) is 0 Å². The molecule has 1 aliphatic rings. The lowest BCUT2D eigenvalue weighted by Gasteiger charge is -2.21. The predicted molar refractivity (Wildman–Crippen MR) is 68.9 cm³/mol. The molecule has 1 aliphatic heterocycles. The van der Waals surface area contributed by atoms with E-state index in [1.807, 2.05) is 0 Å². The molecule has 1 heterocycles. The quantitative estimate of drug-likeness (QED) is 0.701. The summed E-state index contributed by atoms with van der Waals surface area (Å²) in [6.45, 7) is 1.46. The van der Waals surface area contributed by atoms with Crippen molar-refractivity contribution in [3.63, 3.8) is 0 Å². The first kappa shape index (κ1) is 13.3. The smallest absolute Gasteiger partial charge is 0.240 e. The molecule has 2 rings (SSSR count). The van der Waals surface area contributed by atoms with Crippen molar-refractivity contribution in [1.29, 1.82) is 0 Å². The molecule has 1 aromatic carbocycles. The maximum Gasteiger partial charge on any atom is 0.240 e. The molecule has 1 saturated heterocycles. The highest BCUT2D eigenvalue weighted by Crippen LogP contribution is 2.21. The zero-order valence-corrected chi connectivity index (χ0v) is 10.9. The van der Waals surface area contributed by atoms with Crippen LogP contribution in [0, 0.1) is 0 Å². The van der Waals surface area contributed by atoms with Gasteiger partial charge in [0, 0.05) is 20.2 Å². The van der Waals surface area contributed by atoms with E-state index < -0.39 is 10.0 Å². The van der Waals surface area contributed by atoms with E-state index in [1.165, 1.54) is 6.07 Å². The van der Waals surface area contributed by atoms with Gasteiger partial charge in [0.25, 0.3) is 0 Å². The molecule has 0 aromatic heterocycles. The summed E-state index contributed by atoms with van der Waals surface area (Å²) in [7, 11) is -2.09. The van der Waals surface area contributed by atoms with E-state index in [0.29, 0.717) is 5.69 Å². The number of benzene rings is 1. The number of nitrogens with one attached hydrogen (secondary N) is 2. The molecule has 6 nitrogen and oxygen atoms in total. The summed E-state index contributed by atoms with van der Waals surface area (Å²) in [5, 5.41) is 11.5. The van der Waals surface area contributed by atoms with Crippen molar-refractivity contribution >= 4 is 15.7 Å². The molecule has 7 heteroatoms. The molecule has 0 bridgehead atoms. The monoisotopic (exact) mass is 271 g/mol. The second-order valence-electron chi connectivity index (χ2n) is 4.22. The third-order valence-corrected chi connectivity index (χ3v) is 3.96. The Morgan fingerprint density at radius 2 is 2.11 bits per heavy atom. The number of methoxy groups -OCH3 is 1. The molecule has 0 radical (unpaired) electrons. The zero-order chi connectivity index (χ0) is 13.2. The highest BCUT2D eigenvalue weighted by Gasteiger charge is 2.27. The maximum absolute atomic E-state index is 11.5. The van der Waals surface area contributed by atoms with Crippen LogP contribution in [-0.4, -0.2) is 40.8 Å². The molecule has 4 N–H and O–H groups in total.